The van der Waals surface area contributed by atoms with Gasteiger partial charge in [0.25, 0.3) is 15.9 Å². The summed E-state index contributed by atoms with van der Waals surface area (Å²) in [6, 6.07) is 12.8. The molecule has 0 unspecified atom stereocenters. The predicted octanol–water partition coefficient (Wildman–Crippen LogP) is 2.77. The van der Waals surface area contributed by atoms with Crippen LogP contribution in [0.5, 0.6) is 0 Å². The lowest BCUT2D eigenvalue weighted by atomic mass is 10.1. The third kappa shape index (κ3) is 6.98. The molecule has 2 amide bonds. The minimum Gasteiger partial charge on any atom is -0.465 e. The first-order valence-electron chi connectivity index (χ1n) is 10.4. The SMILES string of the molecule is COC(=O)c1ccc(/C=C2\SC(=S)N(CCCC(=O)NNS(=O)(=O)c3ccc(C)cc3)C2=O)cc1. The molecule has 0 bridgehead atoms. The zero-order valence-corrected chi connectivity index (χ0v) is 21.4. The van der Waals surface area contributed by atoms with Crippen LogP contribution in [-0.4, -0.2) is 49.1 Å². The quantitative estimate of drug-likeness (QED) is 0.218. The normalized spacial score (nSPS) is 14.9. The number of esters is 1. The second kappa shape index (κ2) is 11.6. The Labute approximate surface area is 212 Å². The Bertz CT molecular complexity index is 1270. The lowest BCUT2D eigenvalue weighted by molar-refractivity contribution is -0.124. The maximum atomic E-state index is 12.7. The Morgan fingerprint density at radius 3 is 2.40 bits per heavy atom. The van der Waals surface area contributed by atoms with Gasteiger partial charge in [-0.2, -0.15) is 0 Å². The van der Waals surface area contributed by atoms with Crippen molar-refractivity contribution in [3.05, 3.63) is 70.1 Å². The number of thioether (sulfide) groups is 1. The van der Waals surface area contributed by atoms with E-state index in [-0.39, 0.29) is 30.2 Å². The minimum atomic E-state index is -3.88. The summed E-state index contributed by atoms with van der Waals surface area (Å²) >= 11 is 6.45. The van der Waals surface area contributed by atoms with Crippen molar-refractivity contribution >= 4 is 62.2 Å². The summed E-state index contributed by atoms with van der Waals surface area (Å²) in [5, 5.41) is 0. The predicted molar refractivity (Wildman–Crippen MR) is 137 cm³/mol. The van der Waals surface area contributed by atoms with Gasteiger partial charge in [-0.05, 0) is 49.2 Å². The summed E-state index contributed by atoms with van der Waals surface area (Å²) in [5.41, 5.74) is 4.21. The van der Waals surface area contributed by atoms with Crippen molar-refractivity contribution in [2.24, 2.45) is 0 Å². The van der Waals surface area contributed by atoms with E-state index in [2.05, 4.69) is 15.0 Å². The molecular formula is C23H23N3O6S3. The number of aryl methyl sites for hydroxylation is 1. The maximum absolute atomic E-state index is 12.7. The van der Waals surface area contributed by atoms with Gasteiger partial charge < -0.3 is 4.74 Å². The fourth-order valence-corrected chi connectivity index (χ4v) is 5.21. The molecule has 35 heavy (non-hydrogen) atoms. The summed E-state index contributed by atoms with van der Waals surface area (Å²) in [4.78, 5) is 40.3. The lowest BCUT2D eigenvalue weighted by Crippen LogP contribution is -2.41. The zero-order valence-electron chi connectivity index (χ0n) is 18.9. The van der Waals surface area contributed by atoms with Crippen LogP contribution in [0.2, 0.25) is 0 Å². The fourth-order valence-electron chi connectivity index (χ4n) is 3.04. The van der Waals surface area contributed by atoms with Crippen molar-refractivity contribution in [3.8, 4) is 0 Å². The van der Waals surface area contributed by atoms with Gasteiger partial charge in [0.2, 0.25) is 5.91 Å². The van der Waals surface area contributed by atoms with Gasteiger partial charge in [-0.1, -0.05) is 53.8 Å². The standard InChI is InChI=1S/C23H23N3O6S3/c1-15-5-11-18(12-6-15)35(30,31)25-24-20(27)4-3-13-26-21(28)19(34-23(26)33)14-16-7-9-17(10-8-16)22(29)32-2/h5-12,14,25H,3-4,13H2,1-2H3,(H,24,27)/b19-14-. The molecule has 2 aromatic carbocycles. The highest BCUT2D eigenvalue weighted by Crippen LogP contribution is 2.32. The number of carbonyl (C=O) groups is 3. The molecule has 1 fully saturated rings. The number of sulfonamides is 1. The molecule has 3 rings (SSSR count). The van der Waals surface area contributed by atoms with E-state index in [0.29, 0.717) is 14.8 Å². The van der Waals surface area contributed by atoms with Crippen molar-refractivity contribution in [3.63, 3.8) is 0 Å². The molecule has 1 aliphatic heterocycles. The topological polar surface area (TPSA) is 122 Å². The van der Waals surface area contributed by atoms with Crippen LogP contribution >= 0.6 is 24.0 Å². The Morgan fingerprint density at radius 2 is 1.77 bits per heavy atom. The number of methoxy groups -OCH3 is 1. The molecule has 0 atom stereocenters. The van der Waals surface area contributed by atoms with Crippen LogP contribution in [0.1, 0.15) is 34.3 Å². The smallest absolute Gasteiger partial charge is 0.337 e. The number of rotatable bonds is 9. The summed E-state index contributed by atoms with van der Waals surface area (Å²) in [5.74, 6) is -1.26. The molecule has 0 radical (unpaired) electrons. The molecule has 0 aromatic heterocycles. The first kappa shape index (κ1) is 26.5. The van der Waals surface area contributed by atoms with Crippen molar-refractivity contribution in [2.75, 3.05) is 13.7 Å². The molecule has 1 heterocycles. The molecule has 2 N–H and O–H groups in total. The van der Waals surface area contributed by atoms with E-state index in [1.54, 1.807) is 42.5 Å². The van der Waals surface area contributed by atoms with Crippen LogP contribution in [-0.2, 0) is 24.3 Å². The maximum Gasteiger partial charge on any atom is 0.337 e. The van der Waals surface area contributed by atoms with Crippen LogP contribution < -0.4 is 10.3 Å². The number of carbonyl (C=O) groups excluding carboxylic acids is 3. The third-order valence-electron chi connectivity index (χ3n) is 4.94. The van der Waals surface area contributed by atoms with E-state index in [4.69, 9.17) is 12.2 Å². The van der Waals surface area contributed by atoms with Crippen LogP contribution in [0, 0.1) is 6.92 Å². The molecule has 12 heteroatoms. The second-order valence-corrected chi connectivity index (χ2v) is 10.9. The summed E-state index contributed by atoms with van der Waals surface area (Å²) in [6.45, 7) is 2.05. The summed E-state index contributed by atoms with van der Waals surface area (Å²) < 4.78 is 29.5. The number of hydrogen-bond acceptors (Lipinski definition) is 8. The molecule has 2 aromatic rings. The second-order valence-electron chi connectivity index (χ2n) is 7.52. The molecular weight excluding hydrogens is 510 g/mol. The Morgan fingerprint density at radius 1 is 1.11 bits per heavy atom. The number of hydrogen-bond donors (Lipinski definition) is 2. The number of nitrogens with one attached hydrogen (secondary N) is 2. The summed E-state index contributed by atoms with van der Waals surface area (Å²) in [7, 11) is -2.58. The van der Waals surface area contributed by atoms with Crippen molar-refractivity contribution in [2.45, 2.75) is 24.7 Å². The van der Waals surface area contributed by atoms with Crippen molar-refractivity contribution < 1.29 is 27.5 Å². The molecule has 0 aliphatic carbocycles. The molecule has 1 saturated heterocycles. The lowest BCUT2D eigenvalue weighted by Gasteiger charge is -2.14. The van der Waals surface area contributed by atoms with Crippen LogP contribution in [0.4, 0.5) is 0 Å². The Hall–Kier alpha value is -3.06. The zero-order chi connectivity index (χ0) is 25.6. The van der Waals surface area contributed by atoms with E-state index in [0.717, 1.165) is 22.9 Å². The number of amides is 2. The highest BCUT2D eigenvalue weighted by Gasteiger charge is 2.31. The van der Waals surface area contributed by atoms with Gasteiger partial charge in [-0.3, -0.25) is 19.9 Å². The first-order chi connectivity index (χ1) is 16.6. The Kier molecular flexibility index (Phi) is 8.78. The molecule has 0 saturated carbocycles. The molecule has 1 aliphatic rings. The molecule has 184 valence electrons. The average molecular weight is 534 g/mol. The van der Waals surface area contributed by atoms with E-state index in [1.165, 1.54) is 24.1 Å². The fraction of sp³-hybridized carbons (Fsp3) is 0.217. The van der Waals surface area contributed by atoms with Gasteiger partial charge in [-0.15, -0.1) is 4.83 Å². The van der Waals surface area contributed by atoms with Crippen LogP contribution in [0.3, 0.4) is 0 Å². The number of thiocarbonyl (C=S) groups is 1. The van der Waals surface area contributed by atoms with Gasteiger partial charge in [-0.25, -0.2) is 13.2 Å². The van der Waals surface area contributed by atoms with E-state index in [9.17, 15) is 22.8 Å². The van der Waals surface area contributed by atoms with Crippen LogP contribution in [0.25, 0.3) is 6.08 Å². The summed E-state index contributed by atoms with van der Waals surface area (Å²) in [6.07, 6.45) is 1.94. The highest BCUT2D eigenvalue weighted by molar-refractivity contribution is 8.26. The van der Waals surface area contributed by atoms with Gasteiger partial charge in [0, 0.05) is 13.0 Å². The Balaban J connectivity index is 1.50. The van der Waals surface area contributed by atoms with Gasteiger partial charge in [0.15, 0.2) is 0 Å². The van der Waals surface area contributed by atoms with Gasteiger partial charge >= 0.3 is 5.97 Å². The minimum absolute atomic E-state index is 0.0124. The van der Waals surface area contributed by atoms with E-state index in [1.807, 2.05) is 6.92 Å². The number of benzene rings is 2. The largest absolute Gasteiger partial charge is 0.465 e. The van der Waals surface area contributed by atoms with E-state index >= 15 is 0 Å². The van der Waals surface area contributed by atoms with Crippen molar-refractivity contribution in [1.82, 2.24) is 15.2 Å². The first-order valence-corrected chi connectivity index (χ1v) is 13.1. The number of nitrogens with zero attached hydrogens (tertiary/aromatic N) is 1. The van der Waals surface area contributed by atoms with Crippen molar-refractivity contribution in [1.29, 1.82) is 0 Å². The van der Waals surface area contributed by atoms with Crippen LogP contribution in [0.15, 0.2) is 58.3 Å². The van der Waals surface area contributed by atoms with Gasteiger partial charge in [0.1, 0.15) is 4.32 Å². The molecule has 0 spiro atoms. The number of ether oxygens (including phenoxy) is 1. The van der Waals surface area contributed by atoms with Gasteiger partial charge in [0.05, 0.1) is 22.5 Å². The molecule has 9 nitrogen and oxygen atoms in total. The van der Waals surface area contributed by atoms with E-state index < -0.39 is 21.9 Å². The highest BCUT2D eigenvalue weighted by atomic mass is 32.2. The average Bonchev–Trinajstić information content (AvgIpc) is 3.10. The monoisotopic (exact) mass is 533 g/mol. The number of hydrazine groups is 1. The third-order valence-corrected chi connectivity index (χ3v) is 7.59.